The van der Waals surface area contributed by atoms with E-state index in [1.54, 1.807) is 6.20 Å². The fourth-order valence-corrected chi connectivity index (χ4v) is 1.02. The molecule has 0 heterocycles. The van der Waals surface area contributed by atoms with E-state index in [0.717, 1.165) is 11.3 Å². The molecular weight excluding hydrogens is 136 g/mol. The Labute approximate surface area is 68.6 Å². The van der Waals surface area contributed by atoms with Gasteiger partial charge in [-0.1, -0.05) is 6.08 Å². The minimum atomic E-state index is 1.07. The molecule has 0 aromatic carbocycles. The van der Waals surface area contributed by atoms with Gasteiger partial charge in [0.2, 0.25) is 0 Å². The van der Waals surface area contributed by atoms with E-state index in [1.165, 1.54) is 0 Å². The zero-order valence-electron chi connectivity index (χ0n) is 7.63. The lowest BCUT2D eigenvalue weighted by molar-refractivity contribution is 0.520. The molecule has 0 fully saturated rings. The zero-order valence-corrected chi connectivity index (χ0v) is 7.63. The standard InChI is InChI=1S/C9H15N2/c1-6-9(11(4)5)8(2)7-10-3/h3,6-7H,1-2,4-5H3/q+1/b8-7-,9-6+. The van der Waals surface area contributed by atoms with Crippen LogP contribution in [0.1, 0.15) is 13.8 Å². The van der Waals surface area contributed by atoms with Gasteiger partial charge in [-0.15, -0.1) is 0 Å². The molecule has 0 aliphatic rings. The molecule has 60 valence electrons. The van der Waals surface area contributed by atoms with Crippen LogP contribution in [0.25, 0.3) is 4.85 Å². The maximum Gasteiger partial charge on any atom is 0.310 e. The third kappa shape index (κ3) is 2.90. The van der Waals surface area contributed by atoms with Crippen molar-refractivity contribution in [3.8, 4) is 6.57 Å². The van der Waals surface area contributed by atoms with Crippen molar-refractivity contribution in [2.45, 2.75) is 13.8 Å². The molecule has 0 radical (unpaired) electrons. The first kappa shape index (κ1) is 9.77. The second-order valence-electron chi connectivity index (χ2n) is 2.53. The van der Waals surface area contributed by atoms with E-state index in [-0.39, 0.29) is 0 Å². The fourth-order valence-electron chi connectivity index (χ4n) is 1.02. The predicted octanol–water partition coefficient (Wildman–Crippen LogP) is 2.32. The van der Waals surface area contributed by atoms with Crippen molar-refractivity contribution in [1.82, 2.24) is 4.90 Å². The van der Waals surface area contributed by atoms with Gasteiger partial charge >= 0.3 is 6.20 Å². The van der Waals surface area contributed by atoms with Gasteiger partial charge in [-0.05, 0) is 18.7 Å². The fraction of sp³-hybridized carbons (Fsp3) is 0.444. The first-order chi connectivity index (χ1) is 5.13. The molecule has 0 saturated carbocycles. The molecule has 0 aromatic heterocycles. The summed E-state index contributed by atoms with van der Waals surface area (Å²) in [5.41, 5.74) is 2.21. The largest absolute Gasteiger partial charge is 0.377 e. The normalized spacial score (nSPS) is 12.6. The average Bonchev–Trinajstić information content (AvgIpc) is 1.88. The van der Waals surface area contributed by atoms with Crippen molar-refractivity contribution < 1.29 is 0 Å². The second kappa shape index (κ2) is 4.56. The van der Waals surface area contributed by atoms with E-state index in [4.69, 9.17) is 6.57 Å². The summed E-state index contributed by atoms with van der Waals surface area (Å²) in [7, 11) is 3.98. The second-order valence-corrected chi connectivity index (χ2v) is 2.53. The SMILES string of the molecule is C#[N+]/C=C(C)\C(=C/C)N(C)C. The predicted molar refractivity (Wildman–Crippen MR) is 49.5 cm³/mol. The van der Waals surface area contributed by atoms with Crippen LogP contribution in [0, 0.1) is 6.57 Å². The Hall–Kier alpha value is -1.23. The van der Waals surface area contributed by atoms with E-state index in [2.05, 4.69) is 4.85 Å². The molecule has 0 aliphatic carbocycles. The Bertz CT molecular complexity index is 216. The Kier molecular flexibility index (Phi) is 4.05. The minimum Gasteiger partial charge on any atom is -0.377 e. The first-order valence-corrected chi connectivity index (χ1v) is 3.54. The lowest BCUT2D eigenvalue weighted by atomic mass is 10.2. The summed E-state index contributed by atoms with van der Waals surface area (Å²) in [6.07, 6.45) is 3.67. The number of likely N-dealkylation sites (N-methyl/N-ethyl adjacent to an activating group) is 1. The summed E-state index contributed by atoms with van der Waals surface area (Å²) in [5, 5.41) is 0. The number of hydrogen-bond acceptors (Lipinski definition) is 1. The van der Waals surface area contributed by atoms with E-state index in [0.29, 0.717) is 0 Å². The molecule has 0 atom stereocenters. The van der Waals surface area contributed by atoms with Gasteiger partial charge in [0.15, 0.2) is 0 Å². The monoisotopic (exact) mass is 151 g/mol. The van der Waals surface area contributed by atoms with Crippen LogP contribution in [-0.4, -0.2) is 19.0 Å². The Morgan fingerprint density at radius 3 is 2.27 bits per heavy atom. The molecule has 0 aliphatic heterocycles. The van der Waals surface area contributed by atoms with E-state index >= 15 is 0 Å². The summed E-state index contributed by atoms with van der Waals surface area (Å²) >= 11 is 0. The number of hydrogen-bond donors (Lipinski definition) is 0. The molecule has 0 unspecified atom stereocenters. The lowest BCUT2D eigenvalue weighted by Crippen LogP contribution is -2.11. The molecule has 0 spiro atoms. The average molecular weight is 151 g/mol. The molecule has 0 rings (SSSR count). The van der Waals surface area contributed by atoms with Crippen molar-refractivity contribution in [3.63, 3.8) is 0 Å². The van der Waals surface area contributed by atoms with E-state index in [1.807, 2.05) is 38.9 Å². The van der Waals surface area contributed by atoms with Crippen molar-refractivity contribution in [2.75, 3.05) is 14.1 Å². The van der Waals surface area contributed by atoms with Gasteiger partial charge in [-0.3, -0.25) is 0 Å². The number of nitrogens with zero attached hydrogens (tertiary/aromatic N) is 2. The maximum atomic E-state index is 5.02. The van der Waals surface area contributed by atoms with Gasteiger partial charge in [0, 0.05) is 19.8 Å². The van der Waals surface area contributed by atoms with Crippen LogP contribution < -0.4 is 0 Å². The van der Waals surface area contributed by atoms with Crippen LogP contribution in [0.15, 0.2) is 23.5 Å². The number of allylic oxidation sites excluding steroid dienone is 2. The van der Waals surface area contributed by atoms with Crippen LogP contribution >= 0.6 is 0 Å². The Balaban J connectivity index is 4.57. The zero-order chi connectivity index (χ0) is 8.85. The van der Waals surface area contributed by atoms with Gasteiger partial charge in [0.25, 0.3) is 6.57 Å². The van der Waals surface area contributed by atoms with Crippen molar-refractivity contribution in [2.24, 2.45) is 0 Å². The highest BCUT2D eigenvalue weighted by Gasteiger charge is 2.02. The van der Waals surface area contributed by atoms with Crippen molar-refractivity contribution >= 4 is 0 Å². The molecular formula is C9H15N2+. The topological polar surface area (TPSA) is 7.60 Å². The molecule has 11 heavy (non-hydrogen) atoms. The third-order valence-corrected chi connectivity index (χ3v) is 1.43. The maximum absolute atomic E-state index is 5.02. The summed E-state index contributed by atoms with van der Waals surface area (Å²) < 4.78 is 0. The van der Waals surface area contributed by atoms with Gasteiger partial charge in [0.05, 0.1) is 5.57 Å². The highest BCUT2D eigenvalue weighted by Crippen LogP contribution is 2.10. The molecule has 0 bridgehead atoms. The first-order valence-electron chi connectivity index (χ1n) is 3.54. The number of rotatable bonds is 2. The molecule has 2 heteroatoms. The molecule has 2 nitrogen and oxygen atoms in total. The quantitative estimate of drug-likeness (QED) is 0.549. The van der Waals surface area contributed by atoms with Crippen LogP contribution in [0.5, 0.6) is 0 Å². The van der Waals surface area contributed by atoms with E-state index in [9.17, 15) is 0 Å². The van der Waals surface area contributed by atoms with Crippen LogP contribution in [0.2, 0.25) is 0 Å². The molecule has 0 amide bonds. The minimum absolute atomic E-state index is 1.07. The van der Waals surface area contributed by atoms with Gasteiger partial charge in [-0.2, -0.15) is 0 Å². The third-order valence-electron chi connectivity index (χ3n) is 1.43. The van der Waals surface area contributed by atoms with Crippen molar-refractivity contribution in [3.05, 3.63) is 28.4 Å². The van der Waals surface area contributed by atoms with Gasteiger partial charge < -0.3 is 4.90 Å². The summed E-state index contributed by atoms with van der Waals surface area (Å²) in [6.45, 7) is 8.99. The van der Waals surface area contributed by atoms with Crippen molar-refractivity contribution in [1.29, 1.82) is 0 Å². The summed E-state index contributed by atoms with van der Waals surface area (Å²) in [6, 6.07) is 0. The van der Waals surface area contributed by atoms with E-state index < -0.39 is 0 Å². The smallest absolute Gasteiger partial charge is 0.310 e. The molecule has 0 saturated heterocycles. The Morgan fingerprint density at radius 2 is 2.00 bits per heavy atom. The lowest BCUT2D eigenvalue weighted by Gasteiger charge is -2.14. The Morgan fingerprint density at radius 1 is 1.45 bits per heavy atom. The summed E-state index contributed by atoms with van der Waals surface area (Å²) in [4.78, 5) is 5.48. The van der Waals surface area contributed by atoms with Gasteiger partial charge in [-0.25, -0.2) is 0 Å². The summed E-state index contributed by atoms with van der Waals surface area (Å²) in [5.74, 6) is 0. The van der Waals surface area contributed by atoms with Crippen LogP contribution in [0.4, 0.5) is 0 Å². The van der Waals surface area contributed by atoms with Crippen LogP contribution in [-0.2, 0) is 0 Å². The molecule has 0 N–H and O–H groups in total. The highest BCUT2D eigenvalue weighted by molar-refractivity contribution is 5.28. The van der Waals surface area contributed by atoms with Crippen LogP contribution in [0.3, 0.4) is 0 Å². The molecule has 0 aromatic rings. The highest BCUT2D eigenvalue weighted by atomic mass is 15.1. The van der Waals surface area contributed by atoms with Gasteiger partial charge in [0.1, 0.15) is 0 Å².